The number of Topliss-reactive ketones (excluding diaryl/α,β-unsaturated/α-hetero) is 1. The third-order valence-electron chi connectivity index (χ3n) is 6.69. The van der Waals surface area contributed by atoms with E-state index in [1.165, 1.54) is 44.3 Å². The summed E-state index contributed by atoms with van der Waals surface area (Å²) in [6, 6.07) is 16.4. The maximum absolute atomic E-state index is 13.6. The van der Waals surface area contributed by atoms with Crippen LogP contribution in [0.2, 0.25) is 0 Å². The van der Waals surface area contributed by atoms with Gasteiger partial charge < -0.3 is 19.4 Å². The lowest BCUT2D eigenvalue weighted by atomic mass is 9.88. The number of ether oxygens (including phenoxy) is 2. The second-order valence-electron chi connectivity index (χ2n) is 8.76. The molecule has 1 aliphatic rings. The van der Waals surface area contributed by atoms with E-state index in [4.69, 9.17) is 9.47 Å². The average molecular weight is 500 g/mol. The molecule has 1 N–H and O–H groups in total. The topological polar surface area (TPSA) is 84.5 Å². The number of hydrogen-bond donors (Lipinski definition) is 1. The fourth-order valence-corrected chi connectivity index (χ4v) is 4.87. The smallest absolute Gasteiger partial charge is 0.295 e. The highest BCUT2D eigenvalue weighted by molar-refractivity contribution is 6.45. The summed E-state index contributed by atoms with van der Waals surface area (Å²) in [5.41, 5.74) is 4.88. The molecule has 0 spiro atoms. The second-order valence-corrected chi connectivity index (χ2v) is 8.76. The number of fused-ring (bicyclic) bond motifs is 1. The zero-order chi connectivity index (χ0) is 25.9. The number of rotatable bonds is 6. The number of methoxy groups -OCH3 is 2. The molecule has 2 aromatic carbocycles. The van der Waals surface area contributed by atoms with Crippen molar-refractivity contribution in [2.45, 2.75) is 12.8 Å². The van der Waals surface area contributed by atoms with Gasteiger partial charge in [-0.1, -0.05) is 48.0 Å². The second kappa shape index (κ2) is 10.3. The molecule has 3 heterocycles. The minimum atomic E-state index is -0.618. The molecule has 0 bridgehead atoms. The van der Waals surface area contributed by atoms with Crippen LogP contribution in [0.25, 0.3) is 16.5 Å². The number of aromatic nitrogens is 2. The number of nitrogens with zero attached hydrogens (tertiary/aromatic N) is 2. The molecular formula is C29H26FN3O4. The first-order valence-corrected chi connectivity index (χ1v) is 12.0. The van der Waals surface area contributed by atoms with E-state index in [1.807, 2.05) is 30.3 Å². The van der Waals surface area contributed by atoms with Gasteiger partial charge in [0, 0.05) is 19.3 Å². The largest absolute Gasteiger partial charge is 0.494 e. The summed E-state index contributed by atoms with van der Waals surface area (Å²) in [5.74, 6) is -0.788. The Bertz CT molecular complexity index is 1480. The highest BCUT2D eigenvalue weighted by Crippen LogP contribution is 2.35. The van der Waals surface area contributed by atoms with Crippen molar-refractivity contribution in [3.63, 3.8) is 0 Å². The number of H-pyrrole nitrogens is 1. The van der Waals surface area contributed by atoms with Crippen molar-refractivity contribution in [3.8, 4) is 11.6 Å². The SMILES string of the molecule is COc1ncc(OC)c2c(C(=O)C(=O)N3CCC(=C(c4ccccc4)c4ccc(F)cc4)CC3)c[nH]c12. The van der Waals surface area contributed by atoms with E-state index in [1.54, 1.807) is 17.0 Å². The Kier molecular flexibility index (Phi) is 6.72. The van der Waals surface area contributed by atoms with Crippen molar-refractivity contribution >= 4 is 28.2 Å². The van der Waals surface area contributed by atoms with E-state index in [0.29, 0.717) is 48.5 Å². The van der Waals surface area contributed by atoms with Crippen molar-refractivity contribution in [1.29, 1.82) is 0 Å². The Morgan fingerprint density at radius 1 is 0.946 bits per heavy atom. The molecule has 7 nitrogen and oxygen atoms in total. The molecule has 0 radical (unpaired) electrons. The van der Waals surface area contributed by atoms with Gasteiger partial charge in [-0.25, -0.2) is 9.37 Å². The van der Waals surface area contributed by atoms with Gasteiger partial charge >= 0.3 is 0 Å². The summed E-state index contributed by atoms with van der Waals surface area (Å²) in [6.45, 7) is 0.809. The molecule has 37 heavy (non-hydrogen) atoms. The van der Waals surface area contributed by atoms with Gasteiger partial charge in [-0.2, -0.15) is 0 Å². The van der Waals surface area contributed by atoms with Crippen LogP contribution in [0.15, 0.2) is 72.6 Å². The molecule has 1 amide bonds. The maximum atomic E-state index is 13.6. The fourth-order valence-electron chi connectivity index (χ4n) is 4.87. The molecule has 4 aromatic rings. The Morgan fingerprint density at radius 3 is 2.27 bits per heavy atom. The van der Waals surface area contributed by atoms with E-state index in [-0.39, 0.29) is 11.4 Å². The molecule has 1 saturated heterocycles. The van der Waals surface area contributed by atoms with Gasteiger partial charge in [0.15, 0.2) is 0 Å². The number of carbonyl (C=O) groups excluding carboxylic acids is 2. The first kappa shape index (κ1) is 24.2. The lowest BCUT2D eigenvalue weighted by Crippen LogP contribution is -2.40. The van der Waals surface area contributed by atoms with Gasteiger partial charge in [0.05, 0.1) is 31.4 Å². The highest BCUT2D eigenvalue weighted by Gasteiger charge is 2.30. The number of pyridine rings is 1. The van der Waals surface area contributed by atoms with Crippen LogP contribution in [0.1, 0.15) is 34.3 Å². The minimum absolute atomic E-state index is 0.218. The summed E-state index contributed by atoms with van der Waals surface area (Å²) >= 11 is 0. The molecular weight excluding hydrogens is 473 g/mol. The number of piperidine rings is 1. The molecule has 0 saturated carbocycles. The first-order valence-electron chi connectivity index (χ1n) is 12.0. The van der Waals surface area contributed by atoms with Crippen LogP contribution in [0, 0.1) is 5.82 Å². The summed E-state index contributed by atoms with van der Waals surface area (Å²) in [5, 5.41) is 0.466. The predicted molar refractivity (Wildman–Crippen MR) is 138 cm³/mol. The van der Waals surface area contributed by atoms with E-state index in [9.17, 15) is 14.0 Å². The van der Waals surface area contributed by atoms with Crippen LogP contribution < -0.4 is 9.47 Å². The molecule has 188 valence electrons. The Morgan fingerprint density at radius 2 is 1.62 bits per heavy atom. The number of benzene rings is 2. The van der Waals surface area contributed by atoms with Crippen LogP contribution in [0.5, 0.6) is 11.6 Å². The number of carbonyl (C=O) groups is 2. The first-order chi connectivity index (χ1) is 18.0. The van der Waals surface area contributed by atoms with Crippen molar-refractivity contribution in [2.24, 2.45) is 0 Å². The molecule has 0 unspecified atom stereocenters. The Labute approximate surface area is 213 Å². The monoisotopic (exact) mass is 499 g/mol. The van der Waals surface area contributed by atoms with Crippen LogP contribution in [0.3, 0.4) is 0 Å². The van der Waals surface area contributed by atoms with Gasteiger partial charge in [0.25, 0.3) is 11.7 Å². The number of nitrogens with one attached hydrogen (secondary N) is 1. The molecule has 0 atom stereocenters. The van der Waals surface area contributed by atoms with Crippen LogP contribution in [0.4, 0.5) is 4.39 Å². The molecule has 5 rings (SSSR count). The fraction of sp³-hybridized carbons (Fsp3) is 0.207. The summed E-state index contributed by atoms with van der Waals surface area (Å²) in [7, 11) is 2.96. The lowest BCUT2D eigenvalue weighted by Gasteiger charge is -2.30. The number of amides is 1. The van der Waals surface area contributed by atoms with Gasteiger partial charge in [0.2, 0.25) is 5.88 Å². The van der Waals surface area contributed by atoms with Crippen molar-refractivity contribution in [3.05, 3.63) is 95.1 Å². The average Bonchev–Trinajstić information content (AvgIpc) is 3.39. The van der Waals surface area contributed by atoms with E-state index in [0.717, 1.165) is 16.7 Å². The maximum Gasteiger partial charge on any atom is 0.295 e. The Hall–Kier alpha value is -4.46. The van der Waals surface area contributed by atoms with E-state index >= 15 is 0 Å². The predicted octanol–water partition coefficient (Wildman–Crippen LogP) is 5.03. The van der Waals surface area contributed by atoms with Crippen molar-refractivity contribution in [2.75, 3.05) is 27.3 Å². The Balaban J connectivity index is 1.41. The lowest BCUT2D eigenvalue weighted by molar-refractivity contribution is -0.126. The number of aromatic amines is 1. The highest BCUT2D eigenvalue weighted by atomic mass is 19.1. The van der Waals surface area contributed by atoms with Crippen molar-refractivity contribution in [1.82, 2.24) is 14.9 Å². The molecule has 1 aliphatic heterocycles. The van der Waals surface area contributed by atoms with E-state index < -0.39 is 11.7 Å². The third kappa shape index (κ3) is 4.58. The van der Waals surface area contributed by atoms with Gasteiger partial charge in [0.1, 0.15) is 17.1 Å². The molecule has 0 aliphatic carbocycles. The molecule has 1 fully saturated rings. The summed E-state index contributed by atoms with van der Waals surface area (Å²) in [4.78, 5) is 35.3. The minimum Gasteiger partial charge on any atom is -0.494 e. The van der Waals surface area contributed by atoms with Gasteiger partial charge in [-0.3, -0.25) is 9.59 Å². The molecule has 2 aromatic heterocycles. The van der Waals surface area contributed by atoms with E-state index in [2.05, 4.69) is 9.97 Å². The van der Waals surface area contributed by atoms with Crippen LogP contribution in [-0.4, -0.2) is 53.9 Å². The van der Waals surface area contributed by atoms with Crippen LogP contribution in [-0.2, 0) is 4.79 Å². The number of likely N-dealkylation sites (tertiary alicyclic amines) is 1. The normalized spacial score (nSPS) is 13.5. The summed E-state index contributed by atoms with van der Waals surface area (Å²) < 4.78 is 24.3. The van der Waals surface area contributed by atoms with Crippen molar-refractivity contribution < 1.29 is 23.5 Å². The molecule has 8 heteroatoms. The third-order valence-corrected chi connectivity index (χ3v) is 6.69. The van der Waals surface area contributed by atoms with Crippen LogP contribution >= 0.6 is 0 Å². The van der Waals surface area contributed by atoms with Gasteiger partial charge in [-0.15, -0.1) is 0 Å². The zero-order valence-corrected chi connectivity index (χ0v) is 20.6. The summed E-state index contributed by atoms with van der Waals surface area (Å²) in [6.07, 6.45) is 4.18. The standard InChI is InChI=1S/C29H26FN3O4/c1-36-23-17-32-28(37-2)26-25(23)22(16-31-26)27(34)29(35)33-14-12-20(13-15-33)24(18-6-4-3-5-7-18)19-8-10-21(30)11-9-19/h3-11,16-17,31H,12-15H2,1-2H3. The zero-order valence-electron chi connectivity index (χ0n) is 20.6. The van der Waals surface area contributed by atoms with Gasteiger partial charge in [-0.05, 0) is 41.7 Å². The number of halogens is 1. The quantitative estimate of drug-likeness (QED) is 0.297. The number of hydrogen-bond acceptors (Lipinski definition) is 5. The number of ketones is 1.